The molecule has 1 saturated heterocycles. The third-order valence-electron chi connectivity index (χ3n) is 5.93. The lowest BCUT2D eigenvalue weighted by atomic mass is 10.1. The van der Waals surface area contributed by atoms with Crippen LogP contribution in [-0.2, 0) is 4.74 Å². The molecule has 1 aromatic carbocycles. The molecule has 1 atom stereocenters. The number of anilines is 1. The summed E-state index contributed by atoms with van der Waals surface area (Å²) in [4.78, 5) is 4.77. The Morgan fingerprint density at radius 1 is 1.16 bits per heavy atom. The fraction of sp³-hybridized carbons (Fsp3) is 0.520. The second-order valence-corrected chi connectivity index (χ2v) is 9.27. The van der Waals surface area contributed by atoms with Gasteiger partial charge in [-0.3, -0.25) is 0 Å². The van der Waals surface area contributed by atoms with Gasteiger partial charge in [-0.2, -0.15) is 5.10 Å². The summed E-state index contributed by atoms with van der Waals surface area (Å²) in [5.74, 6) is -0.327. The van der Waals surface area contributed by atoms with Gasteiger partial charge in [0.2, 0.25) is 0 Å². The third-order valence-corrected chi connectivity index (χ3v) is 5.93. The fourth-order valence-corrected chi connectivity index (χ4v) is 4.21. The number of pyridine rings is 1. The molecule has 0 aliphatic carbocycles. The molecule has 9 nitrogen and oxygen atoms in total. The van der Waals surface area contributed by atoms with E-state index in [4.69, 9.17) is 14.5 Å². The minimum absolute atomic E-state index is 0.0173. The number of aliphatic hydroxyl groups excluding tert-OH is 1. The maximum atomic E-state index is 13.1. The van der Waals surface area contributed by atoms with Crippen molar-refractivity contribution in [2.45, 2.75) is 51.2 Å². The zero-order valence-electron chi connectivity index (χ0n) is 21.0. The summed E-state index contributed by atoms with van der Waals surface area (Å²) < 4.78 is 56.4. The maximum Gasteiger partial charge on any atom is 0.573 e. The van der Waals surface area contributed by atoms with Gasteiger partial charge in [0.25, 0.3) is 0 Å². The normalized spacial score (nSPS) is 15.8. The highest BCUT2D eigenvalue weighted by atomic mass is 19.4. The molecule has 1 aliphatic rings. The number of nitrogens with zero attached hydrogens (tertiary/aromatic N) is 3. The summed E-state index contributed by atoms with van der Waals surface area (Å²) >= 11 is 0. The Kier molecular flexibility index (Phi) is 8.40. The highest BCUT2D eigenvalue weighted by Crippen LogP contribution is 2.36. The first-order valence-electron chi connectivity index (χ1n) is 12.2. The van der Waals surface area contributed by atoms with E-state index < -0.39 is 18.2 Å². The molecule has 0 amide bonds. The molecule has 12 heteroatoms. The van der Waals surface area contributed by atoms with Gasteiger partial charge in [-0.05, 0) is 51.9 Å². The maximum absolute atomic E-state index is 13.1. The number of alkyl halides is 3. The van der Waals surface area contributed by atoms with E-state index in [2.05, 4.69) is 20.5 Å². The molecular formula is C25H32F3N5O4. The molecule has 4 rings (SSSR count). The van der Waals surface area contributed by atoms with Gasteiger partial charge in [0.15, 0.2) is 5.65 Å². The smallest absolute Gasteiger partial charge is 0.491 e. The average molecular weight is 524 g/mol. The topological polar surface area (TPSA) is 103 Å². The number of aromatic nitrogens is 3. The van der Waals surface area contributed by atoms with Crippen LogP contribution in [-0.4, -0.2) is 71.8 Å². The lowest BCUT2D eigenvalue weighted by Gasteiger charge is -2.25. The Balaban J connectivity index is 1.77. The number of nitrogens with one attached hydrogen (secondary N) is 2. The van der Waals surface area contributed by atoms with Crippen molar-refractivity contribution in [2.75, 3.05) is 38.7 Å². The van der Waals surface area contributed by atoms with Gasteiger partial charge < -0.3 is 30.0 Å². The Morgan fingerprint density at radius 2 is 1.89 bits per heavy atom. The predicted octanol–water partition coefficient (Wildman–Crippen LogP) is 4.13. The lowest BCUT2D eigenvalue weighted by molar-refractivity contribution is -0.274. The van der Waals surface area contributed by atoms with Crippen molar-refractivity contribution in [3.63, 3.8) is 0 Å². The average Bonchev–Trinajstić information content (AvgIpc) is 3.27. The van der Waals surface area contributed by atoms with Crippen LogP contribution < -0.4 is 20.1 Å². The molecule has 0 bridgehead atoms. The summed E-state index contributed by atoms with van der Waals surface area (Å²) in [5.41, 5.74) is 2.19. The Bertz CT molecular complexity index is 1200. The summed E-state index contributed by atoms with van der Waals surface area (Å²) in [7, 11) is 1.68. The standard InChI is InChI=1S/C25H32F3N5O4/c1-15(2)33-24-21(13-30-33)23(31-17-4-6-35-7-5-17)11-22(32-24)16-8-19(36-14-18(34)12-29-3)10-20(9-16)37-25(26,27)28/h8-11,13,15,17-18,29,34H,4-7,12,14H2,1-3H3,(H,31,32). The number of aliphatic hydroxyl groups is 1. The molecular weight excluding hydrogens is 491 g/mol. The molecule has 1 fully saturated rings. The number of ether oxygens (including phenoxy) is 3. The van der Waals surface area contributed by atoms with Crippen molar-refractivity contribution < 1.29 is 32.5 Å². The van der Waals surface area contributed by atoms with Gasteiger partial charge >= 0.3 is 6.36 Å². The first-order valence-corrected chi connectivity index (χ1v) is 12.2. The molecule has 0 spiro atoms. The first kappa shape index (κ1) is 27.0. The van der Waals surface area contributed by atoms with Gasteiger partial charge in [-0.15, -0.1) is 13.2 Å². The van der Waals surface area contributed by atoms with Crippen LogP contribution in [0.3, 0.4) is 0 Å². The van der Waals surface area contributed by atoms with E-state index in [0.717, 1.165) is 30.0 Å². The number of fused-ring (bicyclic) bond motifs is 1. The van der Waals surface area contributed by atoms with Crippen LogP contribution in [0.2, 0.25) is 0 Å². The van der Waals surface area contributed by atoms with Crippen molar-refractivity contribution >= 4 is 16.7 Å². The Hall–Kier alpha value is -3.09. The van der Waals surface area contributed by atoms with Crippen molar-refractivity contribution in [3.05, 3.63) is 30.5 Å². The Labute approximate surface area is 212 Å². The molecule has 0 radical (unpaired) electrons. The third kappa shape index (κ3) is 7.02. The number of hydrogen-bond donors (Lipinski definition) is 3. The minimum atomic E-state index is -4.88. The van der Waals surface area contributed by atoms with Gasteiger partial charge in [0, 0.05) is 49.2 Å². The highest BCUT2D eigenvalue weighted by molar-refractivity contribution is 5.92. The SMILES string of the molecule is CNCC(O)COc1cc(OC(F)(F)F)cc(-c2cc(NC3CCOCC3)c3cnn(C(C)C)c3n2)c1. The van der Waals surface area contributed by atoms with E-state index in [1.807, 2.05) is 13.8 Å². The van der Waals surface area contributed by atoms with Crippen LogP contribution in [0.5, 0.6) is 11.5 Å². The van der Waals surface area contributed by atoms with E-state index in [1.54, 1.807) is 30.1 Å². The van der Waals surface area contributed by atoms with Crippen LogP contribution in [0.15, 0.2) is 30.5 Å². The van der Waals surface area contributed by atoms with E-state index >= 15 is 0 Å². The molecule has 3 N–H and O–H groups in total. The van der Waals surface area contributed by atoms with Gasteiger partial charge in [0.05, 0.1) is 17.3 Å². The number of rotatable bonds is 10. The summed E-state index contributed by atoms with van der Waals surface area (Å²) in [6.07, 6.45) is -2.32. The van der Waals surface area contributed by atoms with Crippen molar-refractivity contribution in [1.82, 2.24) is 20.1 Å². The molecule has 37 heavy (non-hydrogen) atoms. The van der Waals surface area contributed by atoms with E-state index in [9.17, 15) is 18.3 Å². The van der Waals surface area contributed by atoms with Gasteiger partial charge in [0.1, 0.15) is 24.2 Å². The van der Waals surface area contributed by atoms with Crippen LogP contribution in [0, 0.1) is 0 Å². The zero-order chi connectivity index (χ0) is 26.6. The van der Waals surface area contributed by atoms with Gasteiger partial charge in [-0.1, -0.05) is 0 Å². The van der Waals surface area contributed by atoms with Crippen molar-refractivity contribution in [2.24, 2.45) is 0 Å². The van der Waals surface area contributed by atoms with Crippen LogP contribution in [0.1, 0.15) is 32.7 Å². The summed E-state index contributed by atoms with van der Waals surface area (Å²) in [6, 6.07) is 5.99. The van der Waals surface area contributed by atoms with Crippen molar-refractivity contribution in [3.8, 4) is 22.8 Å². The summed E-state index contributed by atoms with van der Waals surface area (Å²) in [5, 5.41) is 21.7. The molecule has 3 heterocycles. The molecule has 0 saturated carbocycles. The minimum Gasteiger partial charge on any atom is -0.491 e. The van der Waals surface area contributed by atoms with E-state index in [-0.39, 0.29) is 31.0 Å². The molecule has 1 aliphatic heterocycles. The van der Waals surface area contributed by atoms with Crippen molar-refractivity contribution in [1.29, 1.82) is 0 Å². The van der Waals surface area contributed by atoms with Gasteiger partial charge in [-0.25, -0.2) is 9.67 Å². The fourth-order valence-electron chi connectivity index (χ4n) is 4.21. The lowest BCUT2D eigenvalue weighted by Crippen LogP contribution is -2.29. The monoisotopic (exact) mass is 523 g/mol. The number of likely N-dealkylation sites (N-methyl/N-ethyl adjacent to an activating group) is 1. The predicted molar refractivity (Wildman–Crippen MR) is 133 cm³/mol. The summed E-state index contributed by atoms with van der Waals surface area (Å²) in [6.45, 7) is 5.42. The number of halogens is 3. The molecule has 202 valence electrons. The number of benzene rings is 1. The van der Waals surface area contributed by atoms with E-state index in [0.29, 0.717) is 30.1 Å². The Morgan fingerprint density at radius 3 is 2.57 bits per heavy atom. The van der Waals surface area contributed by atoms with Crippen LogP contribution in [0.4, 0.5) is 18.9 Å². The van der Waals surface area contributed by atoms with E-state index in [1.165, 1.54) is 6.07 Å². The van der Waals surface area contributed by atoms with Crippen LogP contribution in [0.25, 0.3) is 22.3 Å². The van der Waals surface area contributed by atoms with Crippen LogP contribution >= 0.6 is 0 Å². The zero-order valence-corrected chi connectivity index (χ0v) is 21.0. The second kappa shape index (κ2) is 11.5. The molecule has 1 unspecified atom stereocenters. The molecule has 3 aromatic rings. The first-order chi connectivity index (χ1) is 17.6. The largest absolute Gasteiger partial charge is 0.573 e. The quantitative estimate of drug-likeness (QED) is 0.365. The second-order valence-electron chi connectivity index (χ2n) is 9.27. The highest BCUT2D eigenvalue weighted by Gasteiger charge is 2.31. The number of hydrogen-bond acceptors (Lipinski definition) is 8. The molecule has 2 aromatic heterocycles.